The maximum atomic E-state index is 6.11. The molecular weight excluding hydrogens is 430 g/mol. The minimum atomic E-state index is -0.181. The molecule has 1 aliphatic heterocycles. The summed E-state index contributed by atoms with van der Waals surface area (Å²) in [5, 5.41) is 14.3. The lowest BCUT2D eigenvalue weighted by molar-refractivity contribution is 0.138. The summed E-state index contributed by atoms with van der Waals surface area (Å²) in [5.41, 5.74) is 4.33. The Morgan fingerprint density at radius 2 is 1.94 bits per heavy atom. The highest BCUT2D eigenvalue weighted by molar-refractivity contribution is 5.85. The van der Waals surface area contributed by atoms with Gasteiger partial charge in [0.2, 0.25) is 0 Å². The summed E-state index contributed by atoms with van der Waals surface area (Å²) >= 11 is 0. The summed E-state index contributed by atoms with van der Waals surface area (Å²) < 4.78 is 19.1. The molecule has 0 bridgehead atoms. The van der Waals surface area contributed by atoms with Gasteiger partial charge in [-0.25, -0.2) is 0 Å². The van der Waals surface area contributed by atoms with Crippen molar-refractivity contribution in [2.24, 2.45) is 0 Å². The van der Waals surface area contributed by atoms with Gasteiger partial charge in [-0.3, -0.25) is 4.98 Å². The van der Waals surface area contributed by atoms with Gasteiger partial charge in [-0.1, -0.05) is 0 Å². The fourth-order valence-corrected chi connectivity index (χ4v) is 4.34. The number of fused-ring (bicyclic) bond motifs is 3. The Bertz CT molecular complexity index is 1540. The van der Waals surface area contributed by atoms with Crippen LogP contribution in [0.3, 0.4) is 0 Å². The van der Waals surface area contributed by atoms with E-state index in [2.05, 4.69) is 35.1 Å². The van der Waals surface area contributed by atoms with Gasteiger partial charge in [0.15, 0.2) is 11.5 Å². The van der Waals surface area contributed by atoms with Crippen LogP contribution in [0.25, 0.3) is 27.8 Å². The number of hydrogen-bond donors (Lipinski definition) is 0. The van der Waals surface area contributed by atoms with E-state index in [1.807, 2.05) is 48.5 Å². The van der Waals surface area contributed by atoms with Crippen LogP contribution in [0, 0.1) is 0 Å². The van der Waals surface area contributed by atoms with Crippen molar-refractivity contribution in [3.05, 3.63) is 72.2 Å². The van der Waals surface area contributed by atoms with Crippen LogP contribution < -0.4 is 14.2 Å². The van der Waals surface area contributed by atoms with Crippen molar-refractivity contribution in [2.75, 3.05) is 7.11 Å². The molecule has 5 aromatic rings. The van der Waals surface area contributed by atoms with Gasteiger partial charge >= 0.3 is 0 Å². The van der Waals surface area contributed by atoms with E-state index < -0.39 is 0 Å². The first-order valence-corrected chi connectivity index (χ1v) is 11.1. The molecule has 3 aromatic heterocycles. The summed E-state index contributed by atoms with van der Waals surface area (Å²) in [7, 11) is 1.64. The lowest BCUT2D eigenvalue weighted by Crippen LogP contribution is -2.24. The molecule has 0 unspecified atom stereocenters. The summed E-state index contributed by atoms with van der Waals surface area (Å²) in [6, 6.07) is 17.6. The zero-order chi connectivity index (χ0) is 23.3. The second kappa shape index (κ2) is 7.69. The van der Waals surface area contributed by atoms with Crippen molar-refractivity contribution in [3.63, 3.8) is 0 Å². The zero-order valence-electron chi connectivity index (χ0n) is 19.1. The van der Waals surface area contributed by atoms with Crippen LogP contribution in [0.4, 0.5) is 0 Å². The summed E-state index contributed by atoms with van der Waals surface area (Å²) in [5.74, 6) is 3.01. The summed E-state index contributed by atoms with van der Waals surface area (Å²) in [6.45, 7) is 4.42. The molecule has 0 saturated carbocycles. The number of methoxy groups -OCH3 is 1. The Morgan fingerprint density at radius 1 is 1.03 bits per heavy atom. The number of pyridine rings is 1. The van der Waals surface area contributed by atoms with E-state index in [-0.39, 0.29) is 12.2 Å². The van der Waals surface area contributed by atoms with Gasteiger partial charge in [0, 0.05) is 29.6 Å². The number of benzene rings is 2. The quantitative estimate of drug-likeness (QED) is 0.383. The second-order valence-corrected chi connectivity index (χ2v) is 8.95. The third kappa shape index (κ3) is 3.57. The fraction of sp³-hybridized carbons (Fsp3) is 0.231. The number of rotatable bonds is 5. The first kappa shape index (κ1) is 20.4. The standard InChI is InChI=1S/C26H23N5O3/c1-26(2)14-17-12-16(4-8-22(17)34-26)20-7-9-24-28-29-25(31(24)30-20)15-33-23-10-11-27-21-13-18(32-3)5-6-19(21)23/h4-13H,14-15H2,1-3H3. The van der Waals surface area contributed by atoms with Crippen LogP contribution in [0.2, 0.25) is 0 Å². The molecule has 8 nitrogen and oxygen atoms in total. The van der Waals surface area contributed by atoms with Crippen LogP contribution in [-0.2, 0) is 13.0 Å². The predicted octanol–water partition coefficient (Wildman–Crippen LogP) is 4.64. The van der Waals surface area contributed by atoms with E-state index >= 15 is 0 Å². The first-order valence-electron chi connectivity index (χ1n) is 11.1. The third-order valence-corrected chi connectivity index (χ3v) is 5.95. The molecule has 0 amide bonds. The molecule has 1 aliphatic rings. The fourth-order valence-electron chi connectivity index (χ4n) is 4.34. The zero-order valence-corrected chi connectivity index (χ0v) is 19.1. The van der Waals surface area contributed by atoms with E-state index in [1.165, 1.54) is 5.56 Å². The van der Waals surface area contributed by atoms with E-state index in [1.54, 1.807) is 17.8 Å². The van der Waals surface area contributed by atoms with Crippen molar-refractivity contribution in [1.29, 1.82) is 0 Å². The molecule has 0 N–H and O–H groups in total. The average Bonchev–Trinajstić information content (AvgIpc) is 3.39. The SMILES string of the molecule is COc1ccc2c(OCc3nnc4ccc(-c5ccc6c(c5)CC(C)(C)O6)nn34)ccnc2c1. The van der Waals surface area contributed by atoms with Gasteiger partial charge in [0.25, 0.3) is 0 Å². The Kier molecular flexibility index (Phi) is 4.62. The van der Waals surface area contributed by atoms with Crippen LogP contribution in [-0.4, -0.2) is 37.5 Å². The maximum absolute atomic E-state index is 6.11. The topological polar surface area (TPSA) is 83.7 Å². The summed E-state index contributed by atoms with van der Waals surface area (Å²) in [4.78, 5) is 4.41. The lowest BCUT2D eigenvalue weighted by Gasteiger charge is -2.16. The van der Waals surface area contributed by atoms with Crippen LogP contribution in [0.1, 0.15) is 25.2 Å². The monoisotopic (exact) mass is 453 g/mol. The van der Waals surface area contributed by atoms with E-state index in [0.717, 1.165) is 40.1 Å². The minimum Gasteiger partial charge on any atom is -0.497 e. The predicted molar refractivity (Wildman–Crippen MR) is 127 cm³/mol. The molecule has 2 aromatic carbocycles. The Balaban J connectivity index is 1.29. The molecule has 0 saturated heterocycles. The smallest absolute Gasteiger partial charge is 0.192 e. The first-order chi connectivity index (χ1) is 16.5. The molecular formula is C26H23N5O3. The Labute approximate surface area is 196 Å². The normalized spacial score (nSPS) is 14.2. The summed E-state index contributed by atoms with van der Waals surface area (Å²) in [6.07, 6.45) is 2.59. The van der Waals surface area contributed by atoms with Crippen molar-refractivity contribution in [2.45, 2.75) is 32.5 Å². The largest absolute Gasteiger partial charge is 0.497 e. The molecule has 8 heteroatoms. The average molecular weight is 454 g/mol. The highest BCUT2D eigenvalue weighted by atomic mass is 16.5. The molecule has 0 fully saturated rings. The maximum Gasteiger partial charge on any atom is 0.192 e. The number of nitrogens with zero attached hydrogens (tertiary/aromatic N) is 5. The molecule has 0 aliphatic carbocycles. The van der Waals surface area contributed by atoms with Gasteiger partial charge in [0.1, 0.15) is 29.5 Å². The Morgan fingerprint density at radius 3 is 2.82 bits per heavy atom. The number of aromatic nitrogens is 5. The van der Waals surface area contributed by atoms with Gasteiger partial charge in [0.05, 0.1) is 18.3 Å². The molecule has 170 valence electrons. The number of ether oxygens (including phenoxy) is 3. The van der Waals surface area contributed by atoms with Crippen molar-refractivity contribution in [3.8, 4) is 28.5 Å². The molecule has 6 rings (SSSR count). The van der Waals surface area contributed by atoms with Gasteiger partial charge in [-0.15, -0.1) is 10.2 Å². The van der Waals surface area contributed by atoms with Crippen LogP contribution in [0.15, 0.2) is 60.8 Å². The second-order valence-electron chi connectivity index (χ2n) is 8.95. The minimum absolute atomic E-state index is 0.181. The highest BCUT2D eigenvalue weighted by Gasteiger charge is 2.30. The lowest BCUT2D eigenvalue weighted by atomic mass is 9.99. The van der Waals surface area contributed by atoms with Gasteiger partial charge < -0.3 is 14.2 Å². The van der Waals surface area contributed by atoms with Crippen molar-refractivity contribution < 1.29 is 14.2 Å². The van der Waals surface area contributed by atoms with Crippen LogP contribution in [0.5, 0.6) is 17.2 Å². The van der Waals surface area contributed by atoms with E-state index in [9.17, 15) is 0 Å². The van der Waals surface area contributed by atoms with Crippen molar-refractivity contribution in [1.82, 2.24) is 24.8 Å². The van der Waals surface area contributed by atoms with Gasteiger partial charge in [-0.05, 0) is 67.9 Å². The third-order valence-electron chi connectivity index (χ3n) is 5.95. The molecule has 4 heterocycles. The van der Waals surface area contributed by atoms with Crippen molar-refractivity contribution >= 4 is 16.6 Å². The van der Waals surface area contributed by atoms with Gasteiger partial charge in [-0.2, -0.15) is 9.61 Å². The van der Waals surface area contributed by atoms with Crippen LogP contribution >= 0.6 is 0 Å². The van der Waals surface area contributed by atoms with E-state index in [4.69, 9.17) is 19.3 Å². The number of hydrogen-bond acceptors (Lipinski definition) is 7. The molecule has 34 heavy (non-hydrogen) atoms. The molecule has 0 spiro atoms. The van der Waals surface area contributed by atoms with E-state index in [0.29, 0.717) is 17.2 Å². The Hall–Kier alpha value is -4.20. The molecule has 0 atom stereocenters. The highest BCUT2D eigenvalue weighted by Crippen LogP contribution is 2.37. The molecule has 0 radical (unpaired) electrons.